The summed E-state index contributed by atoms with van der Waals surface area (Å²) in [6.07, 6.45) is 53.4. The molecule has 0 aromatic carbocycles. The van der Waals surface area contributed by atoms with Crippen LogP contribution in [0.5, 0.6) is 0 Å². The van der Waals surface area contributed by atoms with Crippen LogP contribution in [0.4, 0.5) is 0 Å². The molecule has 0 aliphatic rings. The van der Waals surface area contributed by atoms with Gasteiger partial charge in [-0.2, -0.15) is 0 Å². The summed E-state index contributed by atoms with van der Waals surface area (Å²) in [4.78, 5) is 54.9. The quantitative estimate of drug-likeness (QED) is 0.0347. The van der Waals surface area contributed by atoms with Crippen LogP contribution in [0.1, 0.15) is 376 Å². The molecular formula is C68H130O8. The summed E-state index contributed by atoms with van der Waals surface area (Å²) in [7, 11) is 0. The third-order valence-corrected chi connectivity index (χ3v) is 17.6. The van der Waals surface area contributed by atoms with Crippen LogP contribution in [0.15, 0.2) is 0 Å². The van der Waals surface area contributed by atoms with Gasteiger partial charge in [0.2, 0.25) is 5.60 Å². The minimum Gasteiger partial charge on any atom is -0.481 e. The molecule has 8 heteroatoms. The zero-order valence-electron chi connectivity index (χ0n) is 51.7. The fourth-order valence-corrected chi connectivity index (χ4v) is 12.5. The molecule has 0 fully saturated rings. The van der Waals surface area contributed by atoms with Gasteiger partial charge in [0.1, 0.15) is 5.41 Å². The Morgan fingerprint density at radius 2 is 0.461 bits per heavy atom. The van der Waals surface area contributed by atoms with Crippen molar-refractivity contribution in [2.24, 2.45) is 28.6 Å². The summed E-state index contributed by atoms with van der Waals surface area (Å²) in [5.41, 5.74) is -8.48. The molecule has 0 saturated carbocycles. The number of carboxylic acid groups (broad SMARTS) is 3. The molecule has 4 N–H and O–H groups in total. The van der Waals surface area contributed by atoms with Gasteiger partial charge in [-0.3, -0.25) is 14.4 Å². The monoisotopic (exact) mass is 1070 g/mol. The number of hydrogen-bond donors (Lipinski definition) is 4. The van der Waals surface area contributed by atoms with Gasteiger partial charge in [-0.25, -0.2) is 4.79 Å². The van der Waals surface area contributed by atoms with Crippen LogP contribution in [0.25, 0.3) is 0 Å². The van der Waals surface area contributed by atoms with Crippen molar-refractivity contribution in [3.63, 3.8) is 0 Å². The lowest BCUT2D eigenvalue weighted by molar-refractivity contribution is -0.223. The highest BCUT2D eigenvalue weighted by Gasteiger charge is 2.74. The van der Waals surface area contributed by atoms with E-state index in [4.69, 9.17) is 0 Å². The van der Waals surface area contributed by atoms with Crippen LogP contribution in [0.2, 0.25) is 0 Å². The Balaban J connectivity index is 5.47. The Morgan fingerprint density at radius 1 is 0.276 bits per heavy atom. The topological polar surface area (TPSA) is 149 Å². The molecule has 2 atom stereocenters. The van der Waals surface area contributed by atoms with Gasteiger partial charge in [-0.1, -0.05) is 350 Å². The molecule has 0 radical (unpaired) electrons. The first-order valence-electron chi connectivity index (χ1n) is 33.5. The van der Waals surface area contributed by atoms with Gasteiger partial charge in [-0.05, 0) is 43.9 Å². The van der Waals surface area contributed by atoms with Gasteiger partial charge in [0.15, 0.2) is 11.2 Å². The van der Waals surface area contributed by atoms with Crippen molar-refractivity contribution in [3.05, 3.63) is 0 Å². The average molecular weight is 1080 g/mol. The molecule has 0 aliphatic heterocycles. The number of aliphatic carboxylic acids is 3. The number of Topliss-reactive ketones (excluding diaryl/α,β-unsaturated/α-hetero) is 1. The molecular weight excluding hydrogens is 945 g/mol. The SMILES string of the molecule is CC(=O)C(CCCCCCCCCCCCCCCCCC(C)C)(C(=O)O)C(O)(C(=O)O)C(CCCCCCCCCCCCCCCCCC(C)C)(CCCCCCCCCCCCCCCCCC(C)C)C(=O)O. The largest absolute Gasteiger partial charge is 0.481 e. The Hall–Kier alpha value is -1.96. The number of aliphatic hydroxyl groups is 1. The Bertz CT molecular complexity index is 1320. The normalized spacial score (nSPS) is 13.7. The van der Waals surface area contributed by atoms with Crippen LogP contribution >= 0.6 is 0 Å². The molecule has 0 rings (SSSR count). The van der Waals surface area contributed by atoms with Crippen molar-refractivity contribution in [1.29, 1.82) is 0 Å². The molecule has 0 heterocycles. The second kappa shape index (κ2) is 48.9. The van der Waals surface area contributed by atoms with Gasteiger partial charge in [0.25, 0.3) is 0 Å². The fourth-order valence-electron chi connectivity index (χ4n) is 12.5. The zero-order chi connectivity index (χ0) is 56.6. The van der Waals surface area contributed by atoms with E-state index in [1.807, 2.05) is 0 Å². The van der Waals surface area contributed by atoms with Crippen molar-refractivity contribution < 1.29 is 39.6 Å². The molecule has 2 unspecified atom stereocenters. The molecule has 0 aromatic heterocycles. The summed E-state index contributed by atoms with van der Waals surface area (Å²) in [5.74, 6) is -3.76. The molecule has 0 amide bonds. The third-order valence-electron chi connectivity index (χ3n) is 17.6. The molecule has 8 nitrogen and oxygen atoms in total. The van der Waals surface area contributed by atoms with Crippen LogP contribution in [0.3, 0.4) is 0 Å². The summed E-state index contributed by atoms with van der Waals surface area (Å²) < 4.78 is 0. The van der Waals surface area contributed by atoms with Gasteiger partial charge in [0, 0.05) is 0 Å². The van der Waals surface area contributed by atoms with Crippen molar-refractivity contribution in [2.75, 3.05) is 0 Å². The van der Waals surface area contributed by atoms with E-state index in [1.54, 1.807) is 0 Å². The van der Waals surface area contributed by atoms with E-state index in [0.717, 1.165) is 102 Å². The van der Waals surface area contributed by atoms with Crippen molar-refractivity contribution in [3.8, 4) is 0 Å². The zero-order valence-corrected chi connectivity index (χ0v) is 51.7. The number of unbranched alkanes of at least 4 members (excludes halogenated alkanes) is 42. The first kappa shape index (κ1) is 74.0. The number of ketones is 1. The van der Waals surface area contributed by atoms with E-state index in [0.29, 0.717) is 32.1 Å². The van der Waals surface area contributed by atoms with Crippen molar-refractivity contribution in [2.45, 2.75) is 382 Å². The fraction of sp³-hybridized carbons (Fsp3) is 0.941. The Kier molecular flexibility index (Phi) is 47.6. The standard InChI is InChI=1S/C68H130O8/c1-59(2)53-47-41-35-29-23-17-11-8-14-20-26-32-38-44-50-56-66(63(70)71,57-51-45-39-33-27-21-15-9-12-18-24-30-36-42-48-54-60(3)4)68(76,65(74)75)67(62(7)69,64(72)73)58-52-46-40-34-28-22-16-10-13-19-25-31-37-43-49-55-61(5)6/h59-61,76H,8-58H2,1-7H3,(H,70,71)(H,72,73)(H,74,75). The van der Waals surface area contributed by atoms with E-state index in [2.05, 4.69) is 41.5 Å². The first-order chi connectivity index (χ1) is 36.5. The third kappa shape index (κ3) is 34.2. The molecule has 0 spiro atoms. The molecule has 450 valence electrons. The molecule has 0 aromatic rings. The lowest BCUT2D eigenvalue weighted by atomic mass is 9.52. The highest BCUT2D eigenvalue weighted by molar-refractivity contribution is 6.10. The van der Waals surface area contributed by atoms with E-state index >= 15 is 0 Å². The minimum atomic E-state index is -3.33. The van der Waals surface area contributed by atoms with Gasteiger partial charge >= 0.3 is 17.9 Å². The van der Waals surface area contributed by atoms with E-state index in [-0.39, 0.29) is 19.3 Å². The number of carbonyl (C=O) groups excluding carboxylic acids is 1. The maximum absolute atomic E-state index is 13.8. The second-order valence-corrected chi connectivity index (χ2v) is 25.9. The second-order valence-electron chi connectivity index (χ2n) is 25.9. The number of carbonyl (C=O) groups is 4. The van der Waals surface area contributed by atoms with Crippen molar-refractivity contribution in [1.82, 2.24) is 0 Å². The molecule has 0 aliphatic carbocycles. The van der Waals surface area contributed by atoms with Gasteiger partial charge < -0.3 is 20.4 Å². The van der Waals surface area contributed by atoms with E-state index < -0.39 is 46.5 Å². The molecule has 76 heavy (non-hydrogen) atoms. The van der Waals surface area contributed by atoms with E-state index in [1.165, 1.54) is 193 Å². The summed E-state index contributed by atoms with van der Waals surface area (Å²) in [6, 6.07) is 0. The minimum absolute atomic E-state index is 0.193. The number of rotatable bonds is 60. The predicted octanol–water partition coefficient (Wildman–Crippen LogP) is 21.4. The van der Waals surface area contributed by atoms with Crippen LogP contribution in [-0.4, -0.2) is 49.7 Å². The summed E-state index contributed by atoms with van der Waals surface area (Å²) >= 11 is 0. The highest BCUT2D eigenvalue weighted by atomic mass is 16.4. The molecule has 0 saturated heterocycles. The smallest absolute Gasteiger partial charge is 0.338 e. The number of carboxylic acids is 3. The maximum Gasteiger partial charge on any atom is 0.338 e. The van der Waals surface area contributed by atoms with Crippen LogP contribution < -0.4 is 0 Å². The lowest BCUT2D eigenvalue weighted by Crippen LogP contribution is -2.71. The average Bonchev–Trinajstić information content (AvgIpc) is 3.36. The summed E-state index contributed by atoms with van der Waals surface area (Å²) in [5, 5.41) is 46.1. The predicted molar refractivity (Wildman–Crippen MR) is 323 cm³/mol. The van der Waals surface area contributed by atoms with Crippen LogP contribution in [0, 0.1) is 28.6 Å². The number of hydrogen-bond acceptors (Lipinski definition) is 5. The highest BCUT2D eigenvalue weighted by Crippen LogP contribution is 2.54. The Morgan fingerprint density at radius 3 is 0.618 bits per heavy atom. The maximum atomic E-state index is 13.8. The van der Waals surface area contributed by atoms with Crippen LogP contribution in [-0.2, 0) is 19.2 Å². The van der Waals surface area contributed by atoms with E-state index in [9.17, 15) is 39.6 Å². The molecule has 0 bridgehead atoms. The lowest BCUT2D eigenvalue weighted by Gasteiger charge is -2.50. The van der Waals surface area contributed by atoms with Gasteiger partial charge in [-0.15, -0.1) is 0 Å². The van der Waals surface area contributed by atoms with Crippen molar-refractivity contribution >= 4 is 23.7 Å². The first-order valence-corrected chi connectivity index (χ1v) is 33.5. The Labute approximate surface area is 471 Å². The summed E-state index contributed by atoms with van der Waals surface area (Å²) in [6.45, 7) is 14.8. The van der Waals surface area contributed by atoms with Gasteiger partial charge in [0.05, 0.1) is 0 Å².